The maximum atomic E-state index is 12.9. The van der Waals surface area contributed by atoms with Gasteiger partial charge in [0.25, 0.3) is 0 Å². The van der Waals surface area contributed by atoms with Crippen molar-refractivity contribution in [2.45, 2.75) is 76.1 Å². The van der Waals surface area contributed by atoms with Crippen molar-refractivity contribution >= 4 is 12.0 Å². The number of urea groups is 1. The first-order valence-electron chi connectivity index (χ1n) is 10.0. The van der Waals surface area contributed by atoms with E-state index < -0.39 is 6.04 Å². The van der Waals surface area contributed by atoms with Gasteiger partial charge in [0, 0.05) is 12.1 Å². The molecule has 140 valence electrons. The summed E-state index contributed by atoms with van der Waals surface area (Å²) in [7, 11) is 0. The van der Waals surface area contributed by atoms with E-state index in [1.54, 1.807) is 4.90 Å². The largest absolute Gasteiger partial charge is 0.459 e. The first-order chi connectivity index (χ1) is 12.7. The molecule has 0 spiro atoms. The standard InChI is InChI=1S/C21H28N2O3/c24-20(26-14-15-7-3-1-4-8-15)19-16-11-12-18(13-16)23(19)21(25)22-17-9-5-2-6-10-17/h1,3-4,7-8,16-19H,2,5-6,9-14H2,(H,22,25)/t16-,18-,19+/m0/s1. The third-order valence-corrected chi connectivity index (χ3v) is 6.22. The smallest absolute Gasteiger partial charge is 0.329 e. The fourth-order valence-corrected chi connectivity index (χ4v) is 4.89. The first-order valence-corrected chi connectivity index (χ1v) is 10.0. The van der Waals surface area contributed by atoms with E-state index in [-0.39, 0.29) is 36.6 Å². The van der Waals surface area contributed by atoms with Gasteiger partial charge in [0.2, 0.25) is 0 Å². The van der Waals surface area contributed by atoms with E-state index in [9.17, 15) is 9.59 Å². The molecule has 2 aliphatic carbocycles. The highest BCUT2D eigenvalue weighted by Crippen LogP contribution is 2.43. The molecule has 4 rings (SSSR count). The molecule has 1 aliphatic heterocycles. The molecule has 1 aromatic rings. The Morgan fingerprint density at radius 3 is 2.58 bits per heavy atom. The number of fused-ring (bicyclic) bond motifs is 2. The third-order valence-electron chi connectivity index (χ3n) is 6.22. The molecule has 0 unspecified atom stereocenters. The van der Waals surface area contributed by atoms with Crippen molar-refractivity contribution in [3.05, 3.63) is 35.9 Å². The number of amides is 2. The van der Waals surface area contributed by atoms with Gasteiger partial charge >= 0.3 is 12.0 Å². The van der Waals surface area contributed by atoms with Gasteiger partial charge in [0.05, 0.1) is 0 Å². The van der Waals surface area contributed by atoms with Gasteiger partial charge in [-0.05, 0) is 43.6 Å². The van der Waals surface area contributed by atoms with Gasteiger partial charge in [-0.25, -0.2) is 9.59 Å². The van der Waals surface area contributed by atoms with E-state index in [4.69, 9.17) is 4.74 Å². The average Bonchev–Trinajstić information content (AvgIpc) is 3.29. The zero-order valence-electron chi connectivity index (χ0n) is 15.2. The Hall–Kier alpha value is -2.04. The Morgan fingerprint density at radius 2 is 1.81 bits per heavy atom. The molecule has 2 bridgehead atoms. The molecule has 5 nitrogen and oxygen atoms in total. The molecule has 26 heavy (non-hydrogen) atoms. The highest BCUT2D eigenvalue weighted by Gasteiger charge is 2.52. The van der Waals surface area contributed by atoms with Gasteiger partial charge in [-0.1, -0.05) is 49.6 Å². The van der Waals surface area contributed by atoms with Crippen LogP contribution in [0.2, 0.25) is 0 Å². The van der Waals surface area contributed by atoms with Crippen molar-refractivity contribution < 1.29 is 14.3 Å². The summed E-state index contributed by atoms with van der Waals surface area (Å²) < 4.78 is 5.57. The lowest BCUT2D eigenvalue weighted by atomic mass is 9.95. The van der Waals surface area contributed by atoms with Crippen LogP contribution in [0.4, 0.5) is 4.79 Å². The molecular formula is C21H28N2O3. The topological polar surface area (TPSA) is 58.6 Å². The number of hydrogen-bond donors (Lipinski definition) is 1. The summed E-state index contributed by atoms with van der Waals surface area (Å²) in [6, 6.07) is 9.68. The zero-order valence-corrected chi connectivity index (χ0v) is 15.2. The quantitative estimate of drug-likeness (QED) is 0.838. The Bertz CT molecular complexity index is 642. The van der Waals surface area contributed by atoms with Crippen LogP contribution in [-0.4, -0.2) is 35.0 Å². The second-order valence-corrected chi connectivity index (χ2v) is 7.96. The van der Waals surface area contributed by atoms with Crippen LogP contribution >= 0.6 is 0 Å². The van der Waals surface area contributed by atoms with Gasteiger partial charge in [0.15, 0.2) is 0 Å². The Labute approximate surface area is 155 Å². The van der Waals surface area contributed by atoms with Crippen LogP contribution in [0.3, 0.4) is 0 Å². The molecule has 5 heteroatoms. The summed E-state index contributed by atoms with van der Waals surface area (Å²) in [4.78, 5) is 27.5. The molecule has 1 N–H and O–H groups in total. The number of benzene rings is 1. The van der Waals surface area contributed by atoms with E-state index in [1.807, 2.05) is 30.3 Å². The molecule has 1 aromatic carbocycles. The van der Waals surface area contributed by atoms with E-state index in [1.165, 1.54) is 19.3 Å². The first kappa shape index (κ1) is 17.4. The Kier molecular flexibility index (Phi) is 5.14. The highest BCUT2D eigenvalue weighted by molar-refractivity contribution is 5.85. The third kappa shape index (κ3) is 3.57. The van der Waals surface area contributed by atoms with Crippen LogP contribution in [0.15, 0.2) is 30.3 Å². The van der Waals surface area contributed by atoms with Crippen molar-refractivity contribution in [2.24, 2.45) is 5.92 Å². The normalized spacial score (nSPS) is 28.2. The van der Waals surface area contributed by atoms with Crippen LogP contribution in [0.1, 0.15) is 56.9 Å². The molecule has 3 atom stereocenters. The zero-order chi connectivity index (χ0) is 17.9. The lowest BCUT2D eigenvalue weighted by Gasteiger charge is -2.35. The highest BCUT2D eigenvalue weighted by atomic mass is 16.5. The van der Waals surface area contributed by atoms with Crippen LogP contribution < -0.4 is 5.32 Å². The van der Waals surface area contributed by atoms with Crippen LogP contribution in [-0.2, 0) is 16.1 Å². The summed E-state index contributed by atoms with van der Waals surface area (Å²) in [6.45, 7) is 0.269. The molecule has 2 saturated carbocycles. The summed E-state index contributed by atoms with van der Waals surface area (Å²) in [6.07, 6.45) is 8.68. The fraction of sp³-hybridized carbons (Fsp3) is 0.619. The predicted molar refractivity (Wildman–Crippen MR) is 98.4 cm³/mol. The summed E-state index contributed by atoms with van der Waals surface area (Å²) in [5.41, 5.74) is 0.974. The van der Waals surface area contributed by atoms with Crippen molar-refractivity contribution in [1.29, 1.82) is 0 Å². The van der Waals surface area contributed by atoms with Crippen LogP contribution in [0.5, 0.6) is 0 Å². The summed E-state index contributed by atoms with van der Waals surface area (Å²) in [5, 5.41) is 3.18. The van der Waals surface area contributed by atoms with E-state index >= 15 is 0 Å². The van der Waals surface area contributed by atoms with Crippen LogP contribution in [0, 0.1) is 5.92 Å². The molecule has 3 aliphatic rings. The number of nitrogens with zero attached hydrogens (tertiary/aromatic N) is 1. The number of piperidine rings is 1. The van der Waals surface area contributed by atoms with Gasteiger partial charge in [0.1, 0.15) is 12.6 Å². The van der Waals surface area contributed by atoms with Crippen molar-refractivity contribution in [2.75, 3.05) is 0 Å². The number of ether oxygens (including phenoxy) is 1. The molecule has 0 aromatic heterocycles. The minimum absolute atomic E-state index is 0.0641. The number of likely N-dealkylation sites (tertiary alicyclic amines) is 1. The van der Waals surface area contributed by atoms with Gasteiger partial charge in [-0.2, -0.15) is 0 Å². The maximum Gasteiger partial charge on any atom is 0.329 e. The summed E-state index contributed by atoms with van der Waals surface area (Å²) in [5.74, 6) is 0.000210. The minimum atomic E-state index is -0.416. The molecule has 3 fully saturated rings. The number of esters is 1. The number of rotatable bonds is 4. The van der Waals surface area contributed by atoms with Gasteiger partial charge in [-0.3, -0.25) is 0 Å². The van der Waals surface area contributed by atoms with Gasteiger partial charge in [-0.15, -0.1) is 0 Å². The summed E-state index contributed by atoms with van der Waals surface area (Å²) >= 11 is 0. The van der Waals surface area contributed by atoms with Crippen molar-refractivity contribution in [3.8, 4) is 0 Å². The van der Waals surface area contributed by atoms with Gasteiger partial charge < -0.3 is 15.0 Å². The second kappa shape index (κ2) is 7.68. The van der Waals surface area contributed by atoms with Crippen molar-refractivity contribution in [3.63, 3.8) is 0 Å². The number of nitrogens with one attached hydrogen (secondary N) is 1. The number of hydrogen-bond acceptors (Lipinski definition) is 3. The Morgan fingerprint density at radius 1 is 1.04 bits per heavy atom. The lowest BCUT2D eigenvalue weighted by molar-refractivity contribution is -0.151. The van der Waals surface area contributed by atoms with E-state index in [2.05, 4.69) is 5.32 Å². The Balaban J connectivity index is 1.39. The monoisotopic (exact) mass is 356 g/mol. The molecule has 0 radical (unpaired) electrons. The van der Waals surface area contributed by atoms with E-state index in [0.29, 0.717) is 0 Å². The second-order valence-electron chi connectivity index (χ2n) is 7.96. The molecular weight excluding hydrogens is 328 g/mol. The fourth-order valence-electron chi connectivity index (χ4n) is 4.89. The van der Waals surface area contributed by atoms with Crippen LogP contribution in [0.25, 0.3) is 0 Å². The van der Waals surface area contributed by atoms with Crippen molar-refractivity contribution in [1.82, 2.24) is 10.2 Å². The minimum Gasteiger partial charge on any atom is -0.459 e. The van der Waals surface area contributed by atoms with E-state index in [0.717, 1.165) is 37.7 Å². The molecule has 2 amide bonds. The number of carbonyl (C=O) groups is 2. The molecule has 1 saturated heterocycles. The SMILES string of the molecule is O=C(OCc1ccccc1)[C@H]1[C@H]2CC[C@@H](C2)N1C(=O)NC1CCCCC1. The average molecular weight is 356 g/mol. The predicted octanol–water partition coefficient (Wildman–Crippen LogP) is 3.63. The molecule has 1 heterocycles. The maximum absolute atomic E-state index is 12.9. The number of carbonyl (C=O) groups excluding carboxylic acids is 2. The lowest BCUT2D eigenvalue weighted by Crippen LogP contribution is -2.55.